The van der Waals surface area contributed by atoms with Crippen LogP contribution in [0.25, 0.3) is 11.0 Å². The van der Waals surface area contributed by atoms with E-state index in [1.807, 2.05) is 38.1 Å². The number of imidazole rings is 1. The predicted octanol–water partition coefficient (Wildman–Crippen LogP) is 3.67. The topological polar surface area (TPSA) is 64.1 Å². The van der Waals surface area contributed by atoms with Crippen LogP contribution in [0.4, 0.5) is 0 Å². The van der Waals surface area contributed by atoms with E-state index in [1.165, 1.54) is 17.3 Å². The molecule has 1 heterocycles. The summed E-state index contributed by atoms with van der Waals surface area (Å²) in [5.74, 6) is 0.0549. The second kappa shape index (κ2) is 8.27. The zero-order valence-electron chi connectivity index (χ0n) is 15.0. The molecule has 5 nitrogen and oxygen atoms in total. The van der Waals surface area contributed by atoms with Crippen LogP contribution >= 0.6 is 11.8 Å². The third kappa shape index (κ3) is 4.38. The molecule has 0 aliphatic rings. The number of aromatic amines is 1. The highest BCUT2D eigenvalue weighted by atomic mass is 32.2. The van der Waals surface area contributed by atoms with Gasteiger partial charge in [-0.2, -0.15) is 0 Å². The van der Waals surface area contributed by atoms with E-state index in [2.05, 4.69) is 23.2 Å². The van der Waals surface area contributed by atoms with E-state index in [0.29, 0.717) is 19.6 Å². The maximum atomic E-state index is 12.0. The van der Waals surface area contributed by atoms with Crippen molar-refractivity contribution in [2.24, 2.45) is 0 Å². The van der Waals surface area contributed by atoms with Crippen molar-refractivity contribution in [3.05, 3.63) is 64.1 Å². The number of carbonyl (C=O) groups excluding carboxylic acids is 1. The Kier molecular flexibility index (Phi) is 5.83. The van der Waals surface area contributed by atoms with Crippen molar-refractivity contribution in [1.29, 1.82) is 0 Å². The van der Waals surface area contributed by atoms with Crippen LogP contribution in [0.1, 0.15) is 17.5 Å². The van der Waals surface area contributed by atoms with Crippen LogP contribution in [0.2, 0.25) is 0 Å². The first-order valence-corrected chi connectivity index (χ1v) is 9.56. The maximum absolute atomic E-state index is 12.0. The minimum absolute atomic E-state index is 0.136. The molecule has 136 valence electrons. The summed E-state index contributed by atoms with van der Waals surface area (Å²) in [6.45, 7) is 4.89. The van der Waals surface area contributed by atoms with E-state index in [4.69, 9.17) is 4.74 Å². The van der Waals surface area contributed by atoms with Crippen molar-refractivity contribution in [1.82, 2.24) is 9.55 Å². The summed E-state index contributed by atoms with van der Waals surface area (Å²) in [7, 11) is 0. The second-order valence-electron chi connectivity index (χ2n) is 6.23. The van der Waals surface area contributed by atoms with E-state index < -0.39 is 0 Å². The third-order valence-electron chi connectivity index (χ3n) is 4.16. The van der Waals surface area contributed by atoms with Gasteiger partial charge in [0, 0.05) is 11.4 Å². The smallest absolute Gasteiger partial charge is 0.326 e. The minimum Gasteiger partial charge on any atom is -0.465 e. The Bertz CT molecular complexity index is 975. The van der Waals surface area contributed by atoms with E-state index >= 15 is 0 Å². The first kappa shape index (κ1) is 18.3. The van der Waals surface area contributed by atoms with E-state index in [0.717, 1.165) is 21.5 Å². The standard InChI is InChI=1S/C20H22N2O3S/c1-14-8-9-15(2)18(12-14)26-13-19(23)25-11-5-10-22-17-7-4-3-6-16(17)21-20(22)24/h3-4,6-9,12H,5,10-11,13H2,1-2H3,(H,21,24). The summed E-state index contributed by atoms with van der Waals surface area (Å²) in [6, 6.07) is 13.8. The number of nitrogens with one attached hydrogen (secondary N) is 1. The van der Waals surface area contributed by atoms with Crippen molar-refractivity contribution in [3.8, 4) is 0 Å². The molecule has 1 N–H and O–H groups in total. The van der Waals surface area contributed by atoms with Crippen LogP contribution in [0.5, 0.6) is 0 Å². The number of para-hydroxylation sites is 2. The summed E-state index contributed by atoms with van der Waals surface area (Å²) in [5, 5.41) is 0. The molecule has 0 bridgehead atoms. The molecule has 0 aliphatic carbocycles. The normalized spacial score (nSPS) is 11.0. The molecule has 0 atom stereocenters. The lowest BCUT2D eigenvalue weighted by Gasteiger charge is -2.08. The van der Waals surface area contributed by atoms with Crippen molar-refractivity contribution in [3.63, 3.8) is 0 Å². The molecule has 1 aromatic heterocycles. The molecule has 0 fully saturated rings. The lowest BCUT2D eigenvalue weighted by atomic mass is 10.2. The SMILES string of the molecule is Cc1ccc(C)c(SCC(=O)OCCCn2c(=O)[nH]c3ccccc32)c1. The molecule has 0 saturated carbocycles. The Labute approximate surface area is 156 Å². The molecular weight excluding hydrogens is 348 g/mol. The zero-order valence-corrected chi connectivity index (χ0v) is 15.8. The number of hydrogen-bond acceptors (Lipinski definition) is 4. The number of H-pyrrole nitrogens is 1. The third-order valence-corrected chi connectivity index (χ3v) is 5.29. The Morgan fingerprint density at radius 1 is 1.19 bits per heavy atom. The number of benzene rings is 2. The molecule has 0 saturated heterocycles. The lowest BCUT2D eigenvalue weighted by Crippen LogP contribution is -2.18. The van der Waals surface area contributed by atoms with Crippen molar-refractivity contribution in [2.45, 2.75) is 31.7 Å². The first-order chi connectivity index (χ1) is 12.5. The van der Waals surface area contributed by atoms with Crippen molar-refractivity contribution in [2.75, 3.05) is 12.4 Å². The number of aromatic nitrogens is 2. The number of ether oxygens (including phenoxy) is 1. The van der Waals surface area contributed by atoms with Gasteiger partial charge in [0.15, 0.2) is 0 Å². The Balaban J connectivity index is 1.46. The summed E-state index contributed by atoms with van der Waals surface area (Å²) in [4.78, 5) is 27.8. The number of hydrogen-bond donors (Lipinski definition) is 1. The van der Waals surface area contributed by atoms with Gasteiger partial charge in [-0.15, -0.1) is 11.8 Å². The predicted molar refractivity (Wildman–Crippen MR) is 105 cm³/mol. The number of aryl methyl sites for hydroxylation is 3. The molecule has 3 aromatic rings. The molecular formula is C20H22N2O3S. The van der Waals surface area contributed by atoms with Crippen LogP contribution < -0.4 is 5.69 Å². The molecule has 3 rings (SSSR count). The van der Waals surface area contributed by atoms with Crippen LogP contribution in [-0.4, -0.2) is 27.9 Å². The average molecular weight is 370 g/mol. The summed E-state index contributed by atoms with van der Waals surface area (Å²) >= 11 is 1.49. The highest BCUT2D eigenvalue weighted by Gasteiger charge is 2.08. The molecule has 0 unspecified atom stereocenters. The van der Waals surface area contributed by atoms with Gasteiger partial charge in [0.1, 0.15) is 0 Å². The number of nitrogens with zero attached hydrogens (tertiary/aromatic N) is 1. The number of carbonyl (C=O) groups is 1. The Hall–Kier alpha value is -2.47. The summed E-state index contributed by atoms with van der Waals surface area (Å²) in [6.07, 6.45) is 0.599. The monoisotopic (exact) mass is 370 g/mol. The highest BCUT2D eigenvalue weighted by molar-refractivity contribution is 8.00. The minimum atomic E-state index is -0.234. The highest BCUT2D eigenvalue weighted by Crippen LogP contribution is 2.23. The number of esters is 1. The molecule has 2 aromatic carbocycles. The molecule has 26 heavy (non-hydrogen) atoms. The molecule has 0 spiro atoms. The first-order valence-electron chi connectivity index (χ1n) is 8.58. The molecule has 0 radical (unpaired) electrons. The molecule has 0 amide bonds. The van der Waals surface area contributed by atoms with E-state index in [-0.39, 0.29) is 17.4 Å². The van der Waals surface area contributed by atoms with Crippen molar-refractivity contribution < 1.29 is 9.53 Å². The van der Waals surface area contributed by atoms with Gasteiger partial charge < -0.3 is 9.72 Å². The zero-order chi connectivity index (χ0) is 18.5. The van der Waals surface area contributed by atoms with Gasteiger partial charge in [0.2, 0.25) is 0 Å². The van der Waals surface area contributed by atoms with Gasteiger partial charge in [-0.1, -0.05) is 29.8 Å². The lowest BCUT2D eigenvalue weighted by molar-refractivity contribution is -0.140. The van der Waals surface area contributed by atoms with Gasteiger partial charge in [-0.05, 0) is 44.0 Å². The number of fused-ring (bicyclic) bond motifs is 1. The van der Waals surface area contributed by atoms with Crippen LogP contribution in [-0.2, 0) is 16.1 Å². The fraction of sp³-hybridized carbons (Fsp3) is 0.300. The van der Waals surface area contributed by atoms with E-state index in [9.17, 15) is 9.59 Å². The fourth-order valence-electron chi connectivity index (χ4n) is 2.78. The quantitative estimate of drug-likeness (QED) is 0.391. The Morgan fingerprint density at radius 2 is 2.00 bits per heavy atom. The summed E-state index contributed by atoms with van der Waals surface area (Å²) in [5.41, 5.74) is 3.89. The van der Waals surface area contributed by atoms with Gasteiger partial charge in [0.05, 0.1) is 23.4 Å². The van der Waals surface area contributed by atoms with Crippen molar-refractivity contribution >= 4 is 28.8 Å². The number of thioether (sulfide) groups is 1. The van der Waals surface area contributed by atoms with Gasteiger partial charge in [-0.3, -0.25) is 9.36 Å². The van der Waals surface area contributed by atoms with Gasteiger partial charge in [-0.25, -0.2) is 4.79 Å². The molecule has 0 aliphatic heterocycles. The maximum Gasteiger partial charge on any atom is 0.326 e. The second-order valence-corrected chi connectivity index (χ2v) is 7.25. The number of rotatable bonds is 7. The van der Waals surface area contributed by atoms with Gasteiger partial charge in [0.25, 0.3) is 0 Å². The van der Waals surface area contributed by atoms with Gasteiger partial charge >= 0.3 is 11.7 Å². The average Bonchev–Trinajstić information content (AvgIpc) is 2.95. The fourth-order valence-corrected chi connectivity index (χ4v) is 3.70. The van der Waals surface area contributed by atoms with Crippen LogP contribution in [0, 0.1) is 13.8 Å². The Morgan fingerprint density at radius 3 is 2.85 bits per heavy atom. The largest absolute Gasteiger partial charge is 0.465 e. The summed E-state index contributed by atoms with van der Waals surface area (Å²) < 4.78 is 6.97. The van der Waals surface area contributed by atoms with E-state index in [1.54, 1.807) is 4.57 Å². The van der Waals surface area contributed by atoms with Crippen LogP contribution in [0.15, 0.2) is 52.2 Å². The molecule has 6 heteroatoms. The van der Waals surface area contributed by atoms with Crippen LogP contribution in [0.3, 0.4) is 0 Å².